The normalized spacial score (nSPS) is 12.4. The van der Waals surface area contributed by atoms with Gasteiger partial charge in [0.2, 0.25) is 0 Å². The van der Waals surface area contributed by atoms with Gasteiger partial charge in [0.25, 0.3) is 0 Å². The van der Waals surface area contributed by atoms with Crippen LogP contribution in [0.25, 0.3) is 0 Å². The van der Waals surface area contributed by atoms with Gasteiger partial charge in [0.1, 0.15) is 0 Å². The van der Waals surface area contributed by atoms with E-state index in [2.05, 4.69) is 27.7 Å². The Labute approximate surface area is 150 Å². The third-order valence-electron chi connectivity index (χ3n) is 4.44. The number of nitrogens with two attached hydrogens (primary N) is 1. The molecule has 0 saturated heterocycles. The van der Waals surface area contributed by atoms with Gasteiger partial charge in [0, 0.05) is 7.26 Å². The van der Waals surface area contributed by atoms with Crippen molar-refractivity contribution in [3.8, 4) is 0 Å². The van der Waals surface area contributed by atoms with E-state index in [1.165, 1.54) is 51.4 Å². The topological polar surface area (TPSA) is 86.4 Å². The van der Waals surface area contributed by atoms with Crippen molar-refractivity contribution in [2.75, 3.05) is 31.3 Å². The average Bonchev–Trinajstić information content (AvgIpc) is 2.60. The molecule has 5 heteroatoms. The molecule has 0 bridgehead atoms. The third kappa shape index (κ3) is 14.2. The molecule has 1 unspecified atom stereocenters. The van der Waals surface area contributed by atoms with Crippen LogP contribution in [0.15, 0.2) is 0 Å². The van der Waals surface area contributed by atoms with Crippen LogP contribution in [0, 0.1) is 0 Å². The van der Waals surface area contributed by atoms with Crippen LogP contribution in [0.1, 0.15) is 79.1 Å². The summed E-state index contributed by atoms with van der Waals surface area (Å²) < 4.78 is 0. The Kier molecular flexibility index (Phi) is 19.1. The highest BCUT2D eigenvalue weighted by Gasteiger charge is 2.34. The predicted molar refractivity (Wildman–Crippen MR) is 106 cm³/mol. The summed E-state index contributed by atoms with van der Waals surface area (Å²) >= 11 is 0. The molecule has 4 nitrogen and oxygen atoms in total. The van der Waals surface area contributed by atoms with E-state index in [0.29, 0.717) is 0 Å². The molecule has 1 atom stereocenters. The molecule has 0 aromatic heterocycles. The average molecular weight is 364 g/mol. The second-order valence-corrected chi connectivity index (χ2v) is 11.2. The van der Waals surface area contributed by atoms with Gasteiger partial charge in [-0.25, -0.2) is 0 Å². The van der Waals surface area contributed by atoms with Gasteiger partial charge >= 0.3 is 0 Å². The summed E-state index contributed by atoms with van der Waals surface area (Å²) in [7, 11) is -0.562. The summed E-state index contributed by atoms with van der Waals surface area (Å²) in [4.78, 5) is 9.53. The van der Waals surface area contributed by atoms with Crippen molar-refractivity contribution in [1.29, 1.82) is 0 Å². The molecule has 0 aromatic carbocycles. The molecule has 0 aliphatic heterocycles. The fourth-order valence-corrected chi connectivity index (χ4v) is 8.01. The fourth-order valence-electron chi connectivity index (χ4n) is 2.72. The minimum Gasteiger partial charge on any atom is -0.548 e. The molecule has 0 heterocycles. The van der Waals surface area contributed by atoms with Crippen LogP contribution >= 0.6 is 7.26 Å². The summed E-state index contributed by atoms with van der Waals surface area (Å²) in [5, 5.41) is 17.5. The van der Waals surface area contributed by atoms with Gasteiger partial charge in [-0.15, -0.1) is 0 Å². The maximum absolute atomic E-state index is 9.53. The molecule has 0 aliphatic rings. The zero-order valence-electron chi connectivity index (χ0n) is 16.6. The summed E-state index contributed by atoms with van der Waals surface area (Å²) in [6.45, 7) is 8.85. The molecule has 3 N–H and O–H groups in total. The number of carboxylic acids is 1. The van der Waals surface area contributed by atoms with E-state index >= 15 is 0 Å². The van der Waals surface area contributed by atoms with Gasteiger partial charge in [-0.1, -0.05) is 53.4 Å². The van der Waals surface area contributed by atoms with Crippen molar-refractivity contribution in [1.82, 2.24) is 0 Å². The zero-order chi connectivity index (χ0) is 18.8. The molecule has 0 rings (SSSR count). The SMILES string of the molecule is CCCC[P+](CCCC)(CCCC)CCCC.NC(CO)C(=O)[O-]. The van der Waals surface area contributed by atoms with E-state index < -0.39 is 25.9 Å². The Morgan fingerprint density at radius 1 is 0.875 bits per heavy atom. The number of hydrogen-bond acceptors (Lipinski definition) is 4. The van der Waals surface area contributed by atoms with Crippen molar-refractivity contribution in [3.63, 3.8) is 0 Å². The highest BCUT2D eigenvalue weighted by atomic mass is 31.2. The fraction of sp³-hybridized carbons (Fsp3) is 0.947. The number of hydrogen-bond donors (Lipinski definition) is 2. The van der Waals surface area contributed by atoms with E-state index in [4.69, 9.17) is 10.8 Å². The lowest BCUT2D eigenvalue weighted by Crippen LogP contribution is -2.44. The number of aliphatic hydroxyl groups is 1. The number of rotatable bonds is 14. The van der Waals surface area contributed by atoms with Crippen molar-refractivity contribution in [2.24, 2.45) is 5.73 Å². The molecular formula is C19H42NO3P. The first kappa shape index (κ1) is 26.1. The van der Waals surface area contributed by atoms with Crippen molar-refractivity contribution >= 4 is 13.2 Å². The maximum atomic E-state index is 9.53. The molecule has 0 amide bonds. The molecule has 0 spiro atoms. The first-order valence-electron chi connectivity index (χ1n) is 9.85. The van der Waals surface area contributed by atoms with E-state index in [1.807, 2.05) is 0 Å². The molecule has 0 fully saturated rings. The Morgan fingerprint density at radius 2 is 1.17 bits per heavy atom. The van der Waals surface area contributed by atoms with Crippen molar-refractivity contribution < 1.29 is 15.0 Å². The lowest BCUT2D eigenvalue weighted by atomic mass is 10.3. The maximum Gasteiger partial charge on any atom is 0.0677 e. The monoisotopic (exact) mass is 363 g/mol. The molecule has 0 aromatic rings. The molecule has 24 heavy (non-hydrogen) atoms. The zero-order valence-corrected chi connectivity index (χ0v) is 17.5. The summed E-state index contributed by atoms with van der Waals surface area (Å²) in [5.74, 6) is -1.43. The lowest BCUT2D eigenvalue weighted by molar-refractivity contribution is -0.308. The highest BCUT2D eigenvalue weighted by Crippen LogP contribution is 2.61. The predicted octanol–water partition coefficient (Wildman–Crippen LogP) is 3.26. The summed E-state index contributed by atoms with van der Waals surface area (Å²) in [6.07, 6.45) is 17.9. The Hall–Kier alpha value is -0.180. The van der Waals surface area contributed by atoms with Crippen LogP contribution in [-0.4, -0.2) is 48.4 Å². The third-order valence-corrected chi connectivity index (χ3v) is 9.50. The van der Waals surface area contributed by atoms with Gasteiger partial charge in [0.15, 0.2) is 0 Å². The minimum atomic E-state index is -1.43. The quantitative estimate of drug-likeness (QED) is 0.464. The van der Waals surface area contributed by atoms with Crippen LogP contribution in [0.2, 0.25) is 0 Å². The molecule has 0 saturated carbocycles. The number of carbonyl (C=O) groups is 1. The highest BCUT2D eigenvalue weighted by molar-refractivity contribution is 7.75. The number of carboxylic acid groups (broad SMARTS) is 1. The van der Waals surface area contributed by atoms with Crippen LogP contribution in [-0.2, 0) is 4.79 Å². The minimum absolute atomic E-state index is 0.562. The number of unbranched alkanes of at least 4 members (excludes halogenated alkanes) is 4. The van der Waals surface area contributed by atoms with E-state index in [-0.39, 0.29) is 0 Å². The number of aliphatic carboxylic acids is 1. The number of carbonyl (C=O) groups excluding carboxylic acids is 1. The van der Waals surface area contributed by atoms with Crippen LogP contribution in [0.5, 0.6) is 0 Å². The Balaban J connectivity index is 0. The standard InChI is InChI=1S/C16H36P.C3H7NO3/c1-5-9-13-17(14-10-6-2,15-11-7-3)16-12-8-4;4-2(1-5)3(6)7/h5-16H2,1-4H3;2,5H,1,4H2,(H,6,7)/q+1;/p-1. The Bertz CT molecular complexity index is 250. The van der Waals surface area contributed by atoms with Gasteiger partial charge < -0.3 is 20.7 Å². The van der Waals surface area contributed by atoms with E-state index in [1.54, 1.807) is 24.6 Å². The molecular weight excluding hydrogens is 321 g/mol. The largest absolute Gasteiger partial charge is 0.548 e. The number of aliphatic hydroxyl groups excluding tert-OH is 1. The lowest BCUT2D eigenvalue weighted by Gasteiger charge is -2.28. The first-order chi connectivity index (χ1) is 11.4. The molecule has 0 radical (unpaired) electrons. The van der Waals surface area contributed by atoms with Crippen molar-refractivity contribution in [3.05, 3.63) is 0 Å². The van der Waals surface area contributed by atoms with Crippen LogP contribution < -0.4 is 10.8 Å². The molecule has 146 valence electrons. The summed E-state index contributed by atoms with van der Waals surface area (Å²) in [6, 6.07) is -1.24. The van der Waals surface area contributed by atoms with E-state index in [9.17, 15) is 9.90 Å². The Morgan fingerprint density at radius 3 is 1.29 bits per heavy atom. The second-order valence-electron chi connectivity index (χ2n) is 6.76. The van der Waals surface area contributed by atoms with Gasteiger partial charge in [0.05, 0.1) is 43.3 Å². The van der Waals surface area contributed by atoms with Gasteiger partial charge in [-0.3, -0.25) is 0 Å². The summed E-state index contributed by atoms with van der Waals surface area (Å²) in [5.41, 5.74) is 4.70. The smallest absolute Gasteiger partial charge is 0.0677 e. The van der Waals surface area contributed by atoms with E-state index in [0.717, 1.165) is 0 Å². The van der Waals surface area contributed by atoms with Crippen molar-refractivity contribution in [2.45, 2.75) is 85.1 Å². The van der Waals surface area contributed by atoms with Gasteiger partial charge in [-0.2, -0.15) is 0 Å². The second kappa shape index (κ2) is 17.6. The molecule has 0 aliphatic carbocycles. The van der Waals surface area contributed by atoms with Crippen LogP contribution in [0.3, 0.4) is 0 Å². The first-order valence-corrected chi connectivity index (χ1v) is 12.4. The van der Waals surface area contributed by atoms with Gasteiger partial charge in [-0.05, 0) is 25.7 Å². The van der Waals surface area contributed by atoms with Crippen LogP contribution in [0.4, 0.5) is 0 Å².